The number of aromatic amines is 2. The minimum atomic E-state index is -0.651. The monoisotopic (exact) mass is 869 g/mol. The van der Waals surface area contributed by atoms with Crippen molar-refractivity contribution in [2.24, 2.45) is 0 Å². The van der Waals surface area contributed by atoms with Gasteiger partial charge in [0, 0.05) is 44.2 Å². The van der Waals surface area contributed by atoms with E-state index in [0.29, 0.717) is 77.7 Å². The van der Waals surface area contributed by atoms with Crippen LogP contribution in [0.1, 0.15) is 107 Å². The number of hydrogen-bond acceptors (Lipinski definition) is 8. The Labute approximate surface area is 380 Å². The molecule has 0 aliphatic carbocycles. The number of nitrogen functional groups attached to an aromatic ring is 1. The normalized spacial score (nSPS) is 13.8. The number of nitrogens with two attached hydrogens (primary N) is 1. The molecule has 0 amide bonds. The van der Waals surface area contributed by atoms with Gasteiger partial charge < -0.3 is 29.9 Å². The molecule has 2 aliphatic rings. The minimum Gasteiger partial charge on any atom is -0.492 e. The number of anilines is 1. The second-order valence-corrected chi connectivity index (χ2v) is 18.6. The SMILES string of the molecule is CCOC(=O)c1c(-c2c(C)cc(C)cc2C)c2cc3nc(c(-c4cccc(N)c4)c4[nH]c(cc5nc(c(OC)c1[nH]2)=CC5(C)C)c(-c1c(C)cc(C)cc1C)c4C(=O)OCC)=CC3(C)C. The number of nitrogens with one attached hydrogen (secondary N) is 2. The zero-order valence-electron chi connectivity index (χ0n) is 39.9. The molecule has 4 N–H and O–H groups in total. The molecular weight excluding hydrogens is 811 g/mol. The van der Waals surface area contributed by atoms with Crippen molar-refractivity contribution in [1.82, 2.24) is 19.9 Å². The summed E-state index contributed by atoms with van der Waals surface area (Å²) in [6.45, 7) is 24.8. The quantitative estimate of drug-likeness (QED) is 0.101. The first-order valence-electron chi connectivity index (χ1n) is 22.3. The standard InChI is InChI=1S/C55H59N5O5/c1-14-64-52(61)47-45(42-30(5)19-28(3)20-31(42)6)36-24-41-55(11,12)27-39(58-41)51(63-13)50-48(53(62)65-15-2)46(43-32(7)21-29(4)22-33(43)8)37(60-50)25-40-54(9,10)26-38(57-40)44(49(47)59-36)34-17-16-18-35(56)23-34/h16-27,59-60H,14-15,56H2,1-13H3. The van der Waals surface area contributed by atoms with Gasteiger partial charge in [-0.05, 0) is 131 Å². The molecule has 3 aromatic carbocycles. The van der Waals surface area contributed by atoms with E-state index in [4.69, 9.17) is 29.9 Å². The van der Waals surface area contributed by atoms with Crippen LogP contribution in [0.5, 0.6) is 5.75 Å². The first-order valence-corrected chi connectivity index (χ1v) is 22.3. The van der Waals surface area contributed by atoms with Crippen LogP contribution in [0, 0.1) is 41.5 Å². The van der Waals surface area contributed by atoms with Gasteiger partial charge in [0.2, 0.25) is 0 Å². The molecule has 5 heterocycles. The van der Waals surface area contributed by atoms with Crippen LogP contribution in [-0.4, -0.2) is 52.2 Å². The van der Waals surface area contributed by atoms with Crippen molar-refractivity contribution in [1.29, 1.82) is 0 Å². The van der Waals surface area contributed by atoms with Crippen molar-refractivity contribution in [2.45, 2.75) is 93.9 Å². The van der Waals surface area contributed by atoms with Crippen LogP contribution < -0.4 is 21.2 Å². The Morgan fingerprint density at radius 2 is 1.05 bits per heavy atom. The summed E-state index contributed by atoms with van der Waals surface area (Å²) in [6.07, 6.45) is 4.18. The van der Waals surface area contributed by atoms with Gasteiger partial charge >= 0.3 is 11.9 Å². The molecule has 65 heavy (non-hydrogen) atoms. The fourth-order valence-corrected chi connectivity index (χ4v) is 9.94. The van der Waals surface area contributed by atoms with E-state index in [1.54, 1.807) is 14.0 Å². The molecule has 10 nitrogen and oxygen atoms in total. The van der Waals surface area contributed by atoms with E-state index >= 15 is 0 Å². The van der Waals surface area contributed by atoms with Crippen molar-refractivity contribution in [2.75, 3.05) is 26.1 Å². The number of benzene rings is 3. The highest BCUT2D eigenvalue weighted by atomic mass is 16.5. The molecule has 8 rings (SSSR count). The predicted molar refractivity (Wildman–Crippen MR) is 263 cm³/mol. The summed E-state index contributed by atoms with van der Waals surface area (Å²) in [6, 6.07) is 20.2. The second kappa shape index (κ2) is 16.6. The van der Waals surface area contributed by atoms with E-state index < -0.39 is 22.8 Å². The first-order chi connectivity index (χ1) is 30.8. The molecule has 0 saturated heterocycles. The number of esters is 2. The summed E-state index contributed by atoms with van der Waals surface area (Å²) < 4.78 is 18.2. The highest BCUT2D eigenvalue weighted by Gasteiger charge is 2.33. The Bertz CT molecular complexity index is 3250. The molecule has 0 spiro atoms. The van der Waals surface area contributed by atoms with Gasteiger partial charge in [0.15, 0.2) is 5.75 Å². The average Bonchev–Trinajstić information content (AvgIpc) is 3.92. The molecule has 6 aromatic rings. The lowest BCUT2D eigenvalue weighted by molar-refractivity contribution is 0.0520. The number of ether oxygens (including phenoxy) is 3. The van der Waals surface area contributed by atoms with Crippen LogP contribution in [-0.2, 0) is 20.3 Å². The van der Waals surface area contributed by atoms with Crippen molar-refractivity contribution in [3.05, 3.63) is 127 Å². The van der Waals surface area contributed by atoms with E-state index in [9.17, 15) is 9.59 Å². The first kappa shape index (κ1) is 44.7. The number of fused-ring (bicyclic) bond motifs is 8. The van der Waals surface area contributed by atoms with Crippen molar-refractivity contribution in [3.63, 3.8) is 0 Å². The molecule has 0 unspecified atom stereocenters. The Morgan fingerprint density at radius 3 is 1.51 bits per heavy atom. The largest absolute Gasteiger partial charge is 0.492 e. The number of rotatable bonds is 8. The number of hydrogen-bond donors (Lipinski definition) is 3. The minimum absolute atomic E-state index is 0.172. The van der Waals surface area contributed by atoms with Gasteiger partial charge in [-0.2, -0.15) is 0 Å². The summed E-state index contributed by atoms with van der Waals surface area (Å²) in [5, 5.41) is 1.17. The van der Waals surface area contributed by atoms with E-state index in [-0.39, 0.29) is 13.2 Å². The Morgan fingerprint density at radius 1 is 0.600 bits per heavy atom. The van der Waals surface area contributed by atoms with Crippen LogP contribution >= 0.6 is 0 Å². The van der Waals surface area contributed by atoms with E-state index in [1.807, 2.05) is 43.3 Å². The van der Waals surface area contributed by atoms with Crippen LogP contribution in [0.25, 0.3) is 67.6 Å². The predicted octanol–water partition coefficient (Wildman–Crippen LogP) is 10.6. The summed E-state index contributed by atoms with van der Waals surface area (Å²) in [5.41, 5.74) is 21.2. The Balaban J connectivity index is 1.73. The van der Waals surface area contributed by atoms with Gasteiger partial charge in [0.05, 0.1) is 59.2 Å². The van der Waals surface area contributed by atoms with Crippen LogP contribution in [0.4, 0.5) is 5.69 Å². The molecule has 0 atom stereocenters. The third kappa shape index (κ3) is 7.79. The van der Waals surface area contributed by atoms with Crippen LogP contribution in [0.2, 0.25) is 0 Å². The number of H-pyrrole nitrogens is 2. The third-order valence-corrected chi connectivity index (χ3v) is 12.6. The maximum atomic E-state index is 14.8. The smallest absolute Gasteiger partial charge is 0.341 e. The lowest BCUT2D eigenvalue weighted by Crippen LogP contribution is -2.11. The fraction of sp³-hybridized carbons (Fsp3) is 0.309. The fourth-order valence-electron chi connectivity index (χ4n) is 9.94. The van der Waals surface area contributed by atoms with Gasteiger partial charge in [-0.15, -0.1) is 0 Å². The second-order valence-electron chi connectivity index (χ2n) is 18.6. The molecule has 0 fully saturated rings. The van der Waals surface area contributed by atoms with Gasteiger partial charge in [0.25, 0.3) is 0 Å². The molecule has 0 saturated carbocycles. The van der Waals surface area contributed by atoms with Gasteiger partial charge in [-0.3, -0.25) is 4.98 Å². The summed E-state index contributed by atoms with van der Waals surface area (Å²) >= 11 is 0. The third-order valence-electron chi connectivity index (χ3n) is 12.6. The molecule has 3 aromatic heterocycles. The number of nitrogens with zero attached hydrogens (tertiary/aromatic N) is 2. The van der Waals surface area contributed by atoms with Crippen LogP contribution in [0.15, 0.2) is 60.7 Å². The molecular formula is C55H59N5O5. The number of aromatic nitrogens is 4. The molecule has 2 aliphatic heterocycles. The maximum absolute atomic E-state index is 14.8. The molecule has 334 valence electrons. The topological polar surface area (TPSA) is 145 Å². The van der Waals surface area contributed by atoms with Crippen molar-refractivity contribution < 1.29 is 23.8 Å². The van der Waals surface area contributed by atoms with Gasteiger partial charge in [-0.1, -0.05) is 75.2 Å². The zero-order chi connectivity index (χ0) is 46.9. The highest BCUT2D eigenvalue weighted by molar-refractivity contribution is 6.14. The number of carbonyl (C=O) groups excluding carboxylic acids is 2. The van der Waals surface area contributed by atoms with Gasteiger partial charge in [0.1, 0.15) is 5.35 Å². The maximum Gasteiger partial charge on any atom is 0.341 e. The number of aryl methyl sites for hydroxylation is 6. The van der Waals surface area contributed by atoms with Crippen molar-refractivity contribution in [3.8, 4) is 39.1 Å². The molecule has 10 heteroatoms. The highest BCUT2D eigenvalue weighted by Crippen LogP contribution is 2.43. The lowest BCUT2D eigenvalue weighted by atomic mass is 9.88. The molecule has 8 bridgehead atoms. The van der Waals surface area contributed by atoms with Crippen LogP contribution in [0.3, 0.4) is 0 Å². The lowest BCUT2D eigenvalue weighted by Gasteiger charge is -2.15. The van der Waals surface area contributed by atoms with Crippen molar-refractivity contribution >= 4 is 51.8 Å². The summed E-state index contributed by atoms with van der Waals surface area (Å²) in [4.78, 5) is 47.6. The average molecular weight is 870 g/mol. The Kier molecular flexibility index (Phi) is 11.4. The molecule has 0 radical (unpaired) electrons. The zero-order valence-corrected chi connectivity index (χ0v) is 39.9. The Hall–Kier alpha value is -6.94. The van der Waals surface area contributed by atoms with E-state index in [2.05, 4.69) is 116 Å². The number of methoxy groups -OCH3 is 1. The van der Waals surface area contributed by atoms with E-state index in [1.165, 1.54) is 0 Å². The number of carbonyl (C=O) groups is 2. The summed E-state index contributed by atoms with van der Waals surface area (Å²) in [7, 11) is 1.60. The summed E-state index contributed by atoms with van der Waals surface area (Å²) in [5.74, 6) is -0.578. The van der Waals surface area contributed by atoms with E-state index in [0.717, 1.165) is 55.8 Å². The van der Waals surface area contributed by atoms with Gasteiger partial charge in [-0.25, -0.2) is 14.6 Å².